The number of carbonyl (C=O) groups excluding carboxylic acids is 2. The number of hydrogen-bond acceptors (Lipinski definition) is 5. The van der Waals surface area contributed by atoms with Gasteiger partial charge in [-0.05, 0) is 61.4 Å². The molecule has 0 aliphatic carbocycles. The molecule has 10 heteroatoms. The molecule has 30 heavy (non-hydrogen) atoms. The number of likely N-dealkylation sites (tertiary alicyclic amines) is 1. The van der Waals surface area contributed by atoms with E-state index in [9.17, 15) is 26.8 Å². The number of amides is 2. The first-order chi connectivity index (χ1) is 14.2. The lowest BCUT2D eigenvalue weighted by molar-refractivity contribution is -0.119. The molecule has 0 bridgehead atoms. The van der Waals surface area contributed by atoms with Crippen LogP contribution in [0.2, 0.25) is 0 Å². The average Bonchev–Trinajstić information content (AvgIpc) is 3.24. The minimum atomic E-state index is -4.73. The third kappa shape index (κ3) is 4.43. The molecular formula is C20H20F2N2O5S. The number of sulfone groups is 1. The van der Waals surface area contributed by atoms with E-state index >= 15 is 0 Å². The van der Waals surface area contributed by atoms with Crippen molar-refractivity contribution in [3.05, 3.63) is 54.1 Å². The van der Waals surface area contributed by atoms with Crippen molar-refractivity contribution in [1.82, 2.24) is 4.90 Å². The molecular weight excluding hydrogens is 418 g/mol. The molecule has 0 spiro atoms. The molecule has 1 heterocycles. The quantitative estimate of drug-likeness (QED) is 0.749. The van der Waals surface area contributed by atoms with Gasteiger partial charge in [-0.1, -0.05) is 0 Å². The summed E-state index contributed by atoms with van der Waals surface area (Å²) in [6, 6.07) is 10.4. The topological polar surface area (TPSA) is 92.8 Å². The summed E-state index contributed by atoms with van der Waals surface area (Å²) < 4.78 is 53.4. The van der Waals surface area contributed by atoms with Crippen LogP contribution in [-0.4, -0.2) is 50.6 Å². The second-order valence-corrected chi connectivity index (χ2v) is 8.62. The SMILES string of the molecule is COc1ccc(NC(=O)C2CCCN2C(=O)c2ccc(S(=O)(=O)C(F)F)cc2)cc1. The fourth-order valence-electron chi connectivity index (χ4n) is 3.24. The minimum absolute atomic E-state index is 0.118. The lowest BCUT2D eigenvalue weighted by Gasteiger charge is -2.24. The van der Waals surface area contributed by atoms with Crippen LogP contribution in [-0.2, 0) is 14.6 Å². The van der Waals surface area contributed by atoms with E-state index < -0.39 is 32.4 Å². The van der Waals surface area contributed by atoms with Crippen molar-refractivity contribution in [3.63, 3.8) is 0 Å². The van der Waals surface area contributed by atoms with Crippen molar-refractivity contribution >= 4 is 27.3 Å². The highest BCUT2D eigenvalue weighted by Crippen LogP contribution is 2.24. The molecule has 2 amide bonds. The highest BCUT2D eigenvalue weighted by molar-refractivity contribution is 7.91. The van der Waals surface area contributed by atoms with Gasteiger partial charge in [0, 0.05) is 17.8 Å². The lowest BCUT2D eigenvalue weighted by atomic mass is 10.1. The zero-order valence-corrected chi connectivity index (χ0v) is 16.9. The second-order valence-electron chi connectivity index (χ2n) is 6.70. The number of halogens is 2. The standard InChI is InChI=1S/C20H20F2N2O5S/c1-29-15-8-6-14(7-9-15)23-18(25)17-3-2-12-24(17)19(26)13-4-10-16(11-5-13)30(27,28)20(21)22/h4-11,17,20H,2-3,12H2,1H3,(H,23,25). The number of anilines is 1. The van der Waals surface area contributed by atoms with Gasteiger partial charge in [0.1, 0.15) is 11.8 Å². The first-order valence-corrected chi connectivity index (χ1v) is 10.7. The van der Waals surface area contributed by atoms with Gasteiger partial charge in [0.15, 0.2) is 0 Å². The van der Waals surface area contributed by atoms with Crippen LogP contribution in [0, 0.1) is 0 Å². The van der Waals surface area contributed by atoms with Gasteiger partial charge in [-0.25, -0.2) is 8.42 Å². The summed E-state index contributed by atoms with van der Waals surface area (Å²) in [4.78, 5) is 26.3. The van der Waals surface area contributed by atoms with Crippen molar-refractivity contribution in [2.75, 3.05) is 19.0 Å². The van der Waals surface area contributed by atoms with E-state index in [-0.39, 0.29) is 11.5 Å². The van der Waals surface area contributed by atoms with Gasteiger partial charge in [0.2, 0.25) is 15.7 Å². The van der Waals surface area contributed by atoms with Crippen LogP contribution in [0.25, 0.3) is 0 Å². The molecule has 1 atom stereocenters. The molecule has 1 unspecified atom stereocenters. The molecule has 0 saturated carbocycles. The van der Waals surface area contributed by atoms with E-state index in [4.69, 9.17) is 4.74 Å². The largest absolute Gasteiger partial charge is 0.497 e. The number of rotatable bonds is 6. The van der Waals surface area contributed by atoms with Crippen LogP contribution in [0.5, 0.6) is 5.75 Å². The molecule has 1 saturated heterocycles. The highest BCUT2D eigenvalue weighted by atomic mass is 32.2. The Morgan fingerprint density at radius 2 is 1.73 bits per heavy atom. The maximum atomic E-state index is 12.8. The number of carbonyl (C=O) groups is 2. The molecule has 0 radical (unpaired) electrons. The number of benzene rings is 2. The summed E-state index contributed by atoms with van der Waals surface area (Å²) in [5.41, 5.74) is 0.675. The number of ether oxygens (including phenoxy) is 1. The Morgan fingerprint density at radius 1 is 1.10 bits per heavy atom. The Morgan fingerprint density at radius 3 is 2.30 bits per heavy atom. The molecule has 1 aliphatic heterocycles. The minimum Gasteiger partial charge on any atom is -0.497 e. The normalized spacial score (nSPS) is 16.5. The fraction of sp³-hybridized carbons (Fsp3) is 0.300. The van der Waals surface area contributed by atoms with Gasteiger partial charge in [0.05, 0.1) is 12.0 Å². The van der Waals surface area contributed by atoms with E-state index in [0.717, 1.165) is 12.1 Å². The Bertz CT molecular complexity index is 1020. The number of hydrogen-bond donors (Lipinski definition) is 1. The van der Waals surface area contributed by atoms with E-state index in [1.54, 1.807) is 24.3 Å². The molecule has 160 valence electrons. The van der Waals surface area contributed by atoms with Crippen molar-refractivity contribution < 1.29 is 31.5 Å². The van der Waals surface area contributed by atoms with Crippen molar-refractivity contribution in [1.29, 1.82) is 0 Å². The highest BCUT2D eigenvalue weighted by Gasteiger charge is 2.35. The molecule has 2 aromatic rings. The summed E-state index contributed by atoms with van der Waals surface area (Å²) in [5, 5.41) is 2.76. The number of methoxy groups -OCH3 is 1. The molecule has 1 fully saturated rings. The van der Waals surface area contributed by atoms with E-state index in [1.807, 2.05) is 0 Å². The van der Waals surface area contributed by atoms with Gasteiger partial charge in [-0.2, -0.15) is 8.78 Å². The molecule has 0 aromatic heterocycles. The zero-order valence-electron chi connectivity index (χ0n) is 16.0. The molecule has 3 rings (SSSR count). The molecule has 2 aromatic carbocycles. The van der Waals surface area contributed by atoms with E-state index in [0.29, 0.717) is 30.8 Å². The fourth-order valence-corrected chi connectivity index (χ4v) is 3.96. The maximum absolute atomic E-state index is 12.8. The summed E-state index contributed by atoms with van der Waals surface area (Å²) in [6.07, 6.45) is 1.11. The smallest absolute Gasteiger partial charge is 0.341 e. The third-order valence-electron chi connectivity index (χ3n) is 4.84. The second kappa shape index (κ2) is 8.78. The van der Waals surface area contributed by atoms with E-state index in [1.165, 1.54) is 24.1 Å². The summed E-state index contributed by atoms with van der Waals surface area (Å²) in [5.74, 6) is -3.71. The number of nitrogens with zero attached hydrogens (tertiary/aromatic N) is 1. The van der Waals surface area contributed by atoms with Gasteiger partial charge in [0.25, 0.3) is 5.91 Å². The Balaban J connectivity index is 1.72. The summed E-state index contributed by atoms with van der Waals surface area (Å²) in [7, 11) is -3.20. The van der Waals surface area contributed by atoms with Crippen LogP contribution >= 0.6 is 0 Å². The van der Waals surface area contributed by atoms with Crippen molar-refractivity contribution in [2.24, 2.45) is 0 Å². The van der Waals surface area contributed by atoms with Crippen LogP contribution < -0.4 is 10.1 Å². The Hall–Kier alpha value is -3.01. The Kier molecular flexibility index (Phi) is 6.35. The van der Waals surface area contributed by atoms with Gasteiger partial charge in [-0.15, -0.1) is 0 Å². The van der Waals surface area contributed by atoms with E-state index in [2.05, 4.69) is 5.32 Å². The first-order valence-electron chi connectivity index (χ1n) is 9.12. The predicted molar refractivity (Wildman–Crippen MR) is 105 cm³/mol. The van der Waals surface area contributed by atoms with Crippen LogP contribution in [0.15, 0.2) is 53.4 Å². The molecule has 1 N–H and O–H groups in total. The maximum Gasteiger partial charge on any atom is 0.341 e. The first kappa shape index (κ1) is 21.7. The Labute approximate surface area is 172 Å². The van der Waals surface area contributed by atoms with Crippen molar-refractivity contribution in [3.8, 4) is 5.75 Å². The van der Waals surface area contributed by atoms with Crippen LogP contribution in [0.1, 0.15) is 23.2 Å². The molecule has 1 aliphatic rings. The van der Waals surface area contributed by atoms with Gasteiger partial charge in [-0.3, -0.25) is 9.59 Å². The zero-order chi connectivity index (χ0) is 21.9. The van der Waals surface area contributed by atoms with Gasteiger partial charge >= 0.3 is 5.76 Å². The number of alkyl halides is 2. The average molecular weight is 438 g/mol. The monoisotopic (exact) mass is 438 g/mol. The van der Waals surface area contributed by atoms with Crippen molar-refractivity contribution in [2.45, 2.75) is 29.5 Å². The summed E-state index contributed by atoms with van der Waals surface area (Å²) in [6.45, 7) is 0.358. The summed E-state index contributed by atoms with van der Waals surface area (Å²) >= 11 is 0. The predicted octanol–water partition coefficient (Wildman–Crippen LogP) is 2.93. The lowest BCUT2D eigenvalue weighted by Crippen LogP contribution is -2.43. The van der Waals surface area contributed by atoms with Crippen LogP contribution in [0.4, 0.5) is 14.5 Å². The number of nitrogens with one attached hydrogen (secondary N) is 1. The van der Waals surface area contributed by atoms with Gasteiger partial charge < -0.3 is 15.0 Å². The molecule has 7 nitrogen and oxygen atoms in total. The third-order valence-corrected chi connectivity index (χ3v) is 6.24. The van der Waals surface area contributed by atoms with Crippen LogP contribution in [0.3, 0.4) is 0 Å².